The van der Waals surface area contributed by atoms with Crippen LogP contribution in [0.1, 0.15) is 6.42 Å². The highest BCUT2D eigenvalue weighted by molar-refractivity contribution is 7.89. The number of hydrogen-bond donors (Lipinski definition) is 3. The Morgan fingerprint density at radius 2 is 1.87 bits per heavy atom. The molecule has 3 amide bonds. The Bertz CT molecular complexity index is 1490. The summed E-state index contributed by atoms with van der Waals surface area (Å²) in [7, 11) is -2.82. The van der Waals surface area contributed by atoms with E-state index in [1.54, 1.807) is 6.07 Å². The molecule has 1 aromatic heterocycles. The van der Waals surface area contributed by atoms with Gasteiger partial charge in [0, 0.05) is 43.1 Å². The van der Waals surface area contributed by atoms with E-state index < -0.39 is 50.6 Å². The lowest BCUT2D eigenvalue weighted by molar-refractivity contribution is -0.119. The van der Waals surface area contributed by atoms with Gasteiger partial charge in [-0.15, -0.1) is 0 Å². The van der Waals surface area contributed by atoms with Crippen LogP contribution in [0.25, 0.3) is 11.1 Å². The molecule has 0 aliphatic carbocycles. The minimum Gasteiger partial charge on any atom is -0.380 e. The van der Waals surface area contributed by atoms with Crippen LogP contribution in [0.2, 0.25) is 5.02 Å². The van der Waals surface area contributed by atoms with Crippen LogP contribution in [0, 0.1) is 11.6 Å². The van der Waals surface area contributed by atoms with Gasteiger partial charge in [0.15, 0.2) is 0 Å². The molecule has 4 N–H and O–H groups in total. The SMILES string of the molecule is COC1CC(C(=O)Nc2ccc(-c3cc(F)ccc3S(N)(=O)=O)c(F)c2)N(C(=O)Nc2ccc(Cl)cn2)C1. The average molecular weight is 566 g/mol. The zero-order valence-electron chi connectivity index (χ0n) is 19.8. The van der Waals surface area contributed by atoms with Gasteiger partial charge >= 0.3 is 6.03 Å². The van der Waals surface area contributed by atoms with E-state index in [1.165, 1.54) is 36.4 Å². The van der Waals surface area contributed by atoms with Gasteiger partial charge in [0.05, 0.1) is 16.0 Å². The summed E-state index contributed by atoms with van der Waals surface area (Å²) >= 11 is 5.81. The number of amides is 3. The van der Waals surface area contributed by atoms with Crippen LogP contribution in [-0.2, 0) is 19.6 Å². The molecule has 38 heavy (non-hydrogen) atoms. The number of methoxy groups -OCH3 is 1. The number of halogens is 3. The summed E-state index contributed by atoms with van der Waals surface area (Å²) < 4.78 is 58.0. The van der Waals surface area contributed by atoms with Crippen LogP contribution in [0.5, 0.6) is 0 Å². The molecular weight excluding hydrogens is 544 g/mol. The topological polar surface area (TPSA) is 144 Å². The average Bonchev–Trinajstić information content (AvgIpc) is 3.30. The van der Waals surface area contributed by atoms with Crippen LogP contribution in [0.3, 0.4) is 0 Å². The number of primary sulfonamides is 1. The van der Waals surface area contributed by atoms with Gasteiger partial charge in [-0.3, -0.25) is 10.1 Å². The molecule has 2 unspecified atom stereocenters. The quantitative estimate of drug-likeness (QED) is 0.417. The molecule has 1 saturated heterocycles. The number of nitrogens with one attached hydrogen (secondary N) is 2. The third kappa shape index (κ3) is 6.07. The number of benzene rings is 2. The number of urea groups is 1. The van der Waals surface area contributed by atoms with Crippen LogP contribution < -0.4 is 15.8 Å². The van der Waals surface area contributed by atoms with Crippen LogP contribution in [-0.4, -0.2) is 56.0 Å². The summed E-state index contributed by atoms with van der Waals surface area (Å²) in [6.07, 6.45) is 1.13. The van der Waals surface area contributed by atoms with E-state index >= 15 is 4.39 Å². The molecule has 200 valence electrons. The van der Waals surface area contributed by atoms with Crippen molar-refractivity contribution in [3.05, 3.63) is 71.4 Å². The lowest BCUT2D eigenvalue weighted by atomic mass is 10.0. The summed E-state index contributed by atoms with van der Waals surface area (Å²) in [6.45, 7) is 0.122. The van der Waals surface area contributed by atoms with Crippen LogP contribution >= 0.6 is 11.6 Å². The number of carbonyl (C=O) groups excluding carboxylic acids is 2. The molecule has 1 aliphatic heterocycles. The third-order valence-corrected chi connectivity index (χ3v) is 7.09. The molecule has 0 radical (unpaired) electrons. The first kappa shape index (κ1) is 27.4. The molecule has 4 rings (SSSR count). The lowest BCUT2D eigenvalue weighted by Gasteiger charge is -2.24. The van der Waals surface area contributed by atoms with Gasteiger partial charge in [0.2, 0.25) is 15.9 Å². The Morgan fingerprint density at radius 1 is 1.11 bits per heavy atom. The summed E-state index contributed by atoms with van der Waals surface area (Å²) in [5.74, 6) is -2.09. The number of ether oxygens (including phenoxy) is 1. The molecule has 14 heteroatoms. The number of nitrogens with zero attached hydrogens (tertiary/aromatic N) is 2. The largest absolute Gasteiger partial charge is 0.380 e. The number of pyridine rings is 1. The van der Waals surface area contributed by atoms with E-state index in [1.807, 2.05) is 0 Å². The van der Waals surface area contributed by atoms with Gasteiger partial charge < -0.3 is 15.0 Å². The van der Waals surface area contributed by atoms with Crippen molar-refractivity contribution >= 4 is 45.1 Å². The molecular formula is C24H22ClF2N5O5S. The zero-order chi connectivity index (χ0) is 27.6. The van der Waals surface area contributed by atoms with Crippen molar-refractivity contribution in [2.45, 2.75) is 23.5 Å². The number of carbonyl (C=O) groups is 2. The van der Waals surface area contributed by atoms with Crippen LogP contribution in [0.15, 0.2) is 59.6 Å². The van der Waals surface area contributed by atoms with Gasteiger partial charge in [0.1, 0.15) is 23.5 Å². The molecule has 0 saturated carbocycles. The Morgan fingerprint density at radius 3 is 2.50 bits per heavy atom. The van der Waals surface area contributed by atoms with Crippen molar-refractivity contribution in [1.29, 1.82) is 0 Å². The Kier molecular flexibility index (Phi) is 7.92. The molecule has 2 atom stereocenters. The number of sulfonamides is 1. The molecule has 3 aromatic rings. The van der Waals surface area contributed by atoms with E-state index in [4.69, 9.17) is 21.5 Å². The highest BCUT2D eigenvalue weighted by Crippen LogP contribution is 2.31. The molecule has 0 spiro atoms. The monoisotopic (exact) mass is 565 g/mol. The second-order valence-electron chi connectivity index (χ2n) is 8.42. The molecule has 10 nitrogen and oxygen atoms in total. The fraction of sp³-hybridized carbons (Fsp3) is 0.208. The maximum absolute atomic E-state index is 15.0. The Balaban J connectivity index is 1.54. The molecule has 0 bridgehead atoms. The second kappa shape index (κ2) is 11.0. The predicted molar refractivity (Wildman–Crippen MR) is 136 cm³/mol. The molecule has 1 aliphatic rings. The number of rotatable bonds is 6. The van der Waals surface area contributed by atoms with Crippen molar-refractivity contribution in [2.75, 3.05) is 24.3 Å². The molecule has 2 heterocycles. The minimum atomic E-state index is -4.27. The maximum Gasteiger partial charge on any atom is 0.323 e. The number of nitrogens with two attached hydrogens (primary N) is 1. The smallest absolute Gasteiger partial charge is 0.323 e. The summed E-state index contributed by atoms with van der Waals surface area (Å²) in [5.41, 5.74) is -0.464. The van der Waals surface area contributed by atoms with E-state index in [0.29, 0.717) is 5.02 Å². The van der Waals surface area contributed by atoms with E-state index in [0.717, 1.165) is 24.3 Å². The molecule has 1 fully saturated rings. The number of aromatic nitrogens is 1. The molecule has 2 aromatic carbocycles. The van der Waals surface area contributed by atoms with Crippen molar-refractivity contribution in [2.24, 2.45) is 5.14 Å². The number of anilines is 2. The summed E-state index contributed by atoms with van der Waals surface area (Å²) in [5, 5.41) is 10.7. The number of hydrogen-bond acceptors (Lipinski definition) is 6. The first-order chi connectivity index (χ1) is 18.0. The van der Waals surface area contributed by atoms with Gasteiger partial charge in [-0.25, -0.2) is 32.1 Å². The standard InChI is InChI=1S/C24H22ClF2N5O5S/c1-37-16-10-20(32(12-16)24(34)31-22-7-2-13(25)11-29-22)23(33)30-15-4-5-17(19(27)9-15)18-8-14(26)3-6-21(18)38(28,35)36/h2-9,11,16,20H,10,12H2,1H3,(H,30,33)(H2,28,35,36)(H,29,31,34). The lowest BCUT2D eigenvalue weighted by Crippen LogP contribution is -2.45. The Hall–Kier alpha value is -3.65. The predicted octanol–water partition coefficient (Wildman–Crippen LogP) is 3.59. The maximum atomic E-state index is 15.0. The minimum absolute atomic E-state index is 0.0328. The van der Waals surface area contributed by atoms with Crippen LogP contribution in [0.4, 0.5) is 25.1 Å². The second-order valence-corrected chi connectivity index (χ2v) is 10.4. The first-order valence-corrected chi connectivity index (χ1v) is 13.0. The Labute approximate surface area is 221 Å². The number of likely N-dealkylation sites (tertiary alicyclic amines) is 1. The first-order valence-electron chi connectivity index (χ1n) is 11.1. The van der Waals surface area contributed by atoms with Crippen molar-refractivity contribution in [3.63, 3.8) is 0 Å². The van der Waals surface area contributed by atoms with Gasteiger partial charge in [-0.05, 0) is 48.5 Å². The van der Waals surface area contributed by atoms with Crippen molar-refractivity contribution in [1.82, 2.24) is 9.88 Å². The highest BCUT2D eigenvalue weighted by Gasteiger charge is 2.40. The highest BCUT2D eigenvalue weighted by atomic mass is 35.5. The van der Waals surface area contributed by atoms with Crippen molar-refractivity contribution in [3.8, 4) is 11.1 Å². The van der Waals surface area contributed by atoms with Crippen molar-refractivity contribution < 1.29 is 31.5 Å². The summed E-state index contributed by atoms with van der Waals surface area (Å²) in [4.78, 5) is 30.8. The summed E-state index contributed by atoms with van der Waals surface area (Å²) in [6, 6.07) is 7.66. The normalized spacial score (nSPS) is 17.3. The van der Waals surface area contributed by atoms with Gasteiger partial charge in [-0.1, -0.05) is 11.6 Å². The van der Waals surface area contributed by atoms with E-state index in [2.05, 4.69) is 15.6 Å². The van der Waals surface area contributed by atoms with E-state index in [-0.39, 0.29) is 35.6 Å². The third-order valence-electron chi connectivity index (χ3n) is 5.90. The fourth-order valence-corrected chi connectivity index (χ4v) is 4.91. The van der Waals surface area contributed by atoms with E-state index in [9.17, 15) is 22.4 Å². The fourth-order valence-electron chi connectivity index (χ4n) is 4.07. The van der Waals surface area contributed by atoms with Gasteiger partial charge in [0.25, 0.3) is 0 Å². The zero-order valence-corrected chi connectivity index (χ0v) is 21.4. The van der Waals surface area contributed by atoms with Gasteiger partial charge in [-0.2, -0.15) is 0 Å².